The molecule has 2 fully saturated rings. The fourth-order valence-corrected chi connectivity index (χ4v) is 3.38. The lowest BCUT2D eigenvalue weighted by molar-refractivity contribution is -0.125. The zero-order valence-corrected chi connectivity index (χ0v) is 14.1. The van der Waals surface area contributed by atoms with Crippen molar-refractivity contribution in [3.8, 4) is 0 Å². The summed E-state index contributed by atoms with van der Waals surface area (Å²) in [6.07, 6.45) is -0.178. The van der Waals surface area contributed by atoms with E-state index in [1.54, 1.807) is 24.3 Å². The molecule has 3 amide bonds. The van der Waals surface area contributed by atoms with Crippen LogP contribution in [0.15, 0.2) is 24.3 Å². The molecule has 1 aromatic rings. The molecule has 0 bridgehead atoms. The van der Waals surface area contributed by atoms with Crippen LogP contribution in [0.2, 0.25) is 0 Å². The predicted octanol–water partition coefficient (Wildman–Crippen LogP) is 1.20. The second-order valence-corrected chi connectivity index (χ2v) is 6.65. The molecule has 2 atom stereocenters. The minimum atomic E-state index is -0.379. The fraction of sp³-hybridized carbons (Fsp3) is 0.438. The first kappa shape index (κ1) is 16.9. The summed E-state index contributed by atoms with van der Waals surface area (Å²) < 4.78 is 5.47. The Morgan fingerprint density at radius 3 is 2.75 bits per heavy atom. The number of morpholine rings is 1. The van der Waals surface area contributed by atoms with Crippen molar-refractivity contribution in [1.29, 1.82) is 0 Å². The minimum Gasteiger partial charge on any atom is -0.375 e. The largest absolute Gasteiger partial charge is 0.375 e. The molecule has 3 rings (SSSR count). The van der Waals surface area contributed by atoms with Crippen molar-refractivity contribution in [2.75, 3.05) is 24.2 Å². The quantitative estimate of drug-likeness (QED) is 0.849. The third-order valence-corrected chi connectivity index (χ3v) is 4.86. The maximum absolute atomic E-state index is 12.3. The van der Waals surface area contributed by atoms with Gasteiger partial charge in [0.25, 0.3) is 5.24 Å². The van der Waals surface area contributed by atoms with E-state index in [-0.39, 0.29) is 41.5 Å². The Hall–Kier alpha value is -1.90. The summed E-state index contributed by atoms with van der Waals surface area (Å²) in [6, 6.07) is 6.75. The van der Waals surface area contributed by atoms with Crippen LogP contribution in [0.25, 0.3) is 0 Å². The molecular formula is C16H19N3O4S. The van der Waals surface area contributed by atoms with Gasteiger partial charge in [-0.05, 0) is 24.6 Å². The van der Waals surface area contributed by atoms with Gasteiger partial charge >= 0.3 is 0 Å². The fourth-order valence-electron chi connectivity index (χ4n) is 2.66. The van der Waals surface area contributed by atoms with Crippen LogP contribution in [0.4, 0.5) is 10.5 Å². The molecule has 8 heteroatoms. The number of amides is 3. The lowest BCUT2D eigenvalue weighted by atomic mass is 10.1. The van der Waals surface area contributed by atoms with E-state index in [1.807, 2.05) is 6.92 Å². The lowest BCUT2D eigenvalue weighted by Crippen LogP contribution is -2.53. The summed E-state index contributed by atoms with van der Waals surface area (Å²) in [4.78, 5) is 36.7. The summed E-state index contributed by atoms with van der Waals surface area (Å²) in [6.45, 7) is 3.37. The Morgan fingerprint density at radius 1 is 1.38 bits per heavy atom. The third kappa shape index (κ3) is 3.77. The van der Waals surface area contributed by atoms with Gasteiger partial charge in [0.05, 0.1) is 25.0 Å². The number of nitrogens with zero attached hydrogens (tertiary/aromatic N) is 1. The molecule has 0 aromatic heterocycles. The van der Waals surface area contributed by atoms with Crippen molar-refractivity contribution < 1.29 is 19.1 Å². The topological polar surface area (TPSA) is 87.7 Å². The number of anilines is 1. The number of thioether (sulfide) groups is 1. The van der Waals surface area contributed by atoms with E-state index in [0.717, 1.165) is 17.3 Å². The highest BCUT2D eigenvalue weighted by Gasteiger charge is 2.30. The molecule has 0 aliphatic carbocycles. The summed E-state index contributed by atoms with van der Waals surface area (Å²) in [5.74, 6) is -0.0993. The first-order valence-corrected chi connectivity index (χ1v) is 8.75. The molecule has 2 aliphatic rings. The molecule has 0 radical (unpaired) electrons. The molecule has 2 saturated heterocycles. The number of rotatable bonds is 4. The average Bonchev–Trinajstić information content (AvgIpc) is 2.89. The van der Waals surface area contributed by atoms with Gasteiger partial charge in [-0.25, -0.2) is 0 Å². The standard InChI is InChI=1S/C16H19N3O4S/c1-10-14(17-6-7-23-10)15(21)18-12-4-2-11(3-5-12)8-19-13(20)9-24-16(19)22/h2-5,10,14,17H,6-9H2,1H3,(H,18,21)/t10-,14+/m1/s1. The number of hydrogen-bond donors (Lipinski definition) is 2. The molecule has 2 heterocycles. The summed E-state index contributed by atoms with van der Waals surface area (Å²) in [5, 5.41) is 5.77. The van der Waals surface area contributed by atoms with Gasteiger partial charge in [0, 0.05) is 12.2 Å². The van der Waals surface area contributed by atoms with E-state index in [2.05, 4.69) is 10.6 Å². The first-order chi connectivity index (χ1) is 11.5. The lowest BCUT2D eigenvalue weighted by Gasteiger charge is -2.29. The molecule has 128 valence electrons. The molecule has 0 spiro atoms. The molecule has 0 unspecified atom stereocenters. The van der Waals surface area contributed by atoms with Gasteiger partial charge in [0.2, 0.25) is 11.8 Å². The van der Waals surface area contributed by atoms with Crippen LogP contribution in [0.1, 0.15) is 12.5 Å². The van der Waals surface area contributed by atoms with Crippen LogP contribution in [-0.2, 0) is 20.9 Å². The molecule has 2 aliphatic heterocycles. The minimum absolute atomic E-state index is 0.142. The highest BCUT2D eigenvalue weighted by molar-refractivity contribution is 8.14. The van der Waals surface area contributed by atoms with Gasteiger partial charge in [0.1, 0.15) is 6.04 Å². The van der Waals surface area contributed by atoms with Gasteiger partial charge in [0.15, 0.2) is 0 Å². The smallest absolute Gasteiger partial charge is 0.289 e. The Morgan fingerprint density at radius 2 is 2.12 bits per heavy atom. The Labute approximate surface area is 144 Å². The molecule has 1 aromatic carbocycles. The van der Waals surface area contributed by atoms with Gasteiger partial charge in [-0.15, -0.1) is 0 Å². The van der Waals surface area contributed by atoms with E-state index in [0.29, 0.717) is 18.8 Å². The SMILES string of the molecule is C[C@H]1OCCN[C@@H]1C(=O)Nc1ccc(CN2C(=O)CSC2=O)cc1. The van der Waals surface area contributed by atoms with Crippen molar-refractivity contribution in [2.45, 2.75) is 25.6 Å². The van der Waals surface area contributed by atoms with Gasteiger partial charge < -0.3 is 15.4 Å². The van der Waals surface area contributed by atoms with Crippen molar-refractivity contribution in [2.24, 2.45) is 0 Å². The van der Waals surface area contributed by atoms with E-state index < -0.39 is 0 Å². The van der Waals surface area contributed by atoms with Crippen LogP contribution in [0.3, 0.4) is 0 Å². The maximum Gasteiger partial charge on any atom is 0.289 e. The molecule has 0 saturated carbocycles. The zero-order valence-electron chi connectivity index (χ0n) is 13.3. The van der Waals surface area contributed by atoms with E-state index in [9.17, 15) is 14.4 Å². The predicted molar refractivity (Wildman–Crippen MR) is 90.7 cm³/mol. The highest BCUT2D eigenvalue weighted by atomic mass is 32.2. The Bertz CT molecular complexity index is 633. The summed E-state index contributed by atoms with van der Waals surface area (Å²) >= 11 is 1.02. The van der Waals surface area contributed by atoms with Gasteiger partial charge in [-0.3, -0.25) is 19.3 Å². The average molecular weight is 349 g/mol. The monoisotopic (exact) mass is 349 g/mol. The number of nitrogens with one attached hydrogen (secondary N) is 2. The number of carbonyl (C=O) groups is 3. The number of imide groups is 1. The summed E-state index contributed by atoms with van der Waals surface area (Å²) in [5.41, 5.74) is 1.50. The van der Waals surface area contributed by atoms with Gasteiger partial charge in [-0.2, -0.15) is 0 Å². The maximum atomic E-state index is 12.3. The van der Waals surface area contributed by atoms with Crippen LogP contribution in [-0.4, -0.2) is 53.0 Å². The van der Waals surface area contributed by atoms with E-state index in [4.69, 9.17) is 4.74 Å². The van der Waals surface area contributed by atoms with E-state index >= 15 is 0 Å². The van der Waals surface area contributed by atoms with Crippen molar-refractivity contribution in [3.63, 3.8) is 0 Å². The highest BCUT2D eigenvalue weighted by Crippen LogP contribution is 2.22. The number of benzene rings is 1. The van der Waals surface area contributed by atoms with E-state index in [1.165, 1.54) is 4.90 Å². The number of hydrogen-bond acceptors (Lipinski definition) is 6. The van der Waals surface area contributed by atoms with Crippen molar-refractivity contribution >= 4 is 34.5 Å². The second-order valence-electron chi connectivity index (χ2n) is 5.73. The normalized spacial score (nSPS) is 24.3. The third-order valence-electron chi connectivity index (χ3n) is 4.00. The molecular weight excluding hydrogens is 330 g/mol. The van der Waals surface area contributed by atoms with Crippen molar-refractivity contribution in [3.05, 3.63) is 29.8 Å². The summed E-state index contributed by atoms with van der Waals surface area (Å²) in [7, 11) is 0. The molecule has 24 heavy (non-hydrogen) atoms. The zero-order chi connectivity index (χ0) is 17.1. The number of carbonyl (C=O) groups excluding carboxylic acids is 3. The van der Waals surface area contributed by atoms with Crippen LogP contribution < -0.4 is 10.6 Å². The van der Waals surface area contributed by atoms with Gasteiger partial charge in [-0.1, -0.05) is 23.9 Å². The van der Waals surface area contributed by atoms with Crippen LogP contribution in [0.5, 0.6) is 0 Å². The first-order valence-electron chi connectivity index (χ1n) is 7.76. The Kier molecular flexibility index (Phi) is 5.17. The Balaban J connectivity index is 1.59. The van der Waals surface area contributed by atoms with Crippen LogP contribution in [0, 0.1) is 0 Å². The number of ether oxygens (including phenoxy) is 1. The van der Waals surface area contributed by atoms with Crippen molar-refractivity contribution in [1.82, 2.24) is 10.2 Å². The molecule has 2 N–H and O–H groups in total. The second kappa shape index (κ2) is 7.33. The molecule has 7 nitrogen and oxygen atoms in total. The van der Waals surface area contributed by atoms with Crippen LogP contribution >= 0.6 is 11.8 Å².